The van der Waals surface area contributed by atoms with Gasteiger partial charge in [-0.05, 0) is 12.8 Å². The van der Waals surface area contributed by atoms with E-state index in [2.05, 4.69) is 5.32 Å². The highest BCUT2D eigenvalue weighted by Gasteiger charge is 2.25. The molecule has 0 aliphatic heterocycles. The molecule has 0 amide bonds. The summed E-state index contributed by atoms with van der Waals surface area (Å²) in [7, 11) is 2.84. The van der Waals surface area contributed by atoms with E-state index in [1.54, 1.807) is 0 Å². The van der Waals surface area contributed by atoms with Crippen molar-refractivity contribution in [3.63, 3.8) is 0 Å². The smallest absolute Gasteiger partial charge is 0.332 e. The van der Waals surface area contributed by atoms with Crippen LogP contribution in [-0.2, 0) is 14.1 Å². The van der Waals surface area contributed by atoms with Gasteiger partial charge in [-0.2, -0.15) is 5.26 Å². The van der Waals surface area contributed by atoms with Crippen molar-refractivity contribution < 1.29 is 5.11 Å². The Kier molecular flexibility index (Phi) is 3.95. The highest BCUT2D eigenvalue weighted by molar-refractivity contribution is 5.52. The van der Waals surface area contributed by atoms with Crippen molar-refractivity contribution in [1.29, 1.82) is 5.26 Å². The molecule has 1 aliphatic rings. The van der Waals surface area contributed by atoms with Crippen LogP contribution in [0.2, 0.25) is 0 Å². The molecule has 1 aromatic rings. The number of hydrogen-bond acceptors (Lipinski definition) is 5. The molecule has 7 nitrogen and oxygen atoms in total. The van der Waals surface area contributed by atoms with E-state index in [0.717, 1.165) is 23.8 Å². The van der Waals surface area contributed by atoms with Crippen LogP contribution in [0, 0.1) is 11.3 Å². The molecular weight excluding hydrogens is 260 g/mol. The minimum absolute atomic E-state index is 0.104. The van der Waals surface area contributed by atoms with Crippen molar-refractivity contribution in [2.24, 2.45) is 14.1 Å². The summed E-state index contributed by atoms with van der Waals surface area (Å²) in [5.41, 5.74) is -1.22. The molecule has 1 aliphatic carbocycles. The van der Waals surface area contributed by atoms with Gasteiger partial charge in [-0.25, -0.2) is 4.79 Å². The molecule has 0 saturated heterocycles. The van der Waals surface area contributed by atoms with E-state index in [1.165, 1.54) is 18.7 Å². The first kappa shape index (κ1) is 14.3. The second-order valence-corrected chi connectivity index (χ2v) is 5.14. The molecule has 1 fully saturated rings. The number of anilines is 1. The molecule has 20 heavy (non-hydrogen) atoms. The molecule has 0 radical (unpaired) electrons. The normalized spacial score (nSPS) is 22.3. The molecule has 0 bridgehead atoms. The molecule has 108 valence electrons. The Morgan fingerprint density at radius 1 is 1.25 bits per heavy atom. The Morgan fingerprint density at radius 2 is 1.90 bits per heavy atom. The minimum atomic E-state index is -0.622. The third kappa shape index (κ3) is 2.34. The monoisotopic (exact) mass is 278 g/mol. The van der Waals surface area contributed by atoms with Gasteiger partial charge in [-0.1, -0.05) is 12.8 Å². The fourth-order valence-electron chi connectivity index (χ4n) is 2.57. The Bertz CT molecular complexity index is 668. The largest absolute Gasteiger partial charge is 0.391 e. The third-order valence-electron chi connectivity index (χ3n) is 3.83. The van der Waals surface area contributed by atoms with E-state index in [0.29, 0.717) is 6.42 Å². The van der Waals surface area contributed by atoms with Crippen LogP contribution in [0.15, 0.2) is 9.59 Å². The van der Waals surface area contributed by atoms with E-state index in [-0.39, 0.29) is 17.4 Å². The number of aromatic nitrogens is 2. The number of nitrogens with one attached hydrogen (secondary N) is 1. The number of aliphatic hydroxyl groups is 1. The summed E-state index contributed by atoms with van der Waals surface area (Å²) in [5, 5.41) is 22.1. The second kappa shape index (κ2) is 5.51. The van der Waals surface area contributed by atoms with Crippen LogP contribution in [0.4, 0.5) is 5.82 Å². The summed E-state index contributed by atoms with van der Waals surface area (Å²) in [4.78, 5) is 23.9. The quantitative estimate of drug-likeness (QED) is 0.771. The molecule has 0 spiro atoms. The fraction of sp³-hybridized carbons (Fsp3) is 0.615. The van der Waals surface area contributed by atoms with Gasteiger partial charge in [-0.15, -0.1) is 0 Å². The lowest BCUT2D eigenvalue weighted by molar-refractivity contribution is 0.116. The van der Waals surface area contributed by atoms with Gasteiger partial charge in [0, 0.05) is 14.1 Å². The maximum Gasteiger partial charge on any atom is 0.332 e. The average molecular weight is 278 g/mol. The highest BCUT2D eigenvalue weighted by Crippen LogP contribution is 2.22. The maximum absolute atomic E-state index is 11.9. The lowest BCUT2D eigenvalue weighted by Crippen LogP contribution is -2.43. The lowest BCUT2D eigenvalue weighted by Gasteiger charge is -2.30. The Morgan fingerprint density at radius 3 is 2.50 bits per heavy atom. The first-order valence-electron chi connectivity index (χ1n) is 6.62. The van der Waals surface area contributed by atoms with Crippen LogP contribution in [0.3, 0.4) is 0 Å². The fourth-order valence-corrected chi connectivity index (χ4v) is 2.57. The molecule has 1 aromatic heterocycles. The Balaban J connectivity index is 2.49. The van der Waals surface area contributed by atoms with Crippen LogP contribution in [0.5, 0.6) is 0 Å². The SMILES string of the molecule is Cn1c(N[C@H]2CCCC[C@@H]2O)c(C#N)c(=O)n(C)c1=O. The van der Waals surface area contributed by atoms with Crippen LogP contribution in [-0.4, -0.2) is 26.4 Å². The number of aliphatic hydroxyl groups excluding tert-OH is 1. The molecule has 0 aromatic carbocycles. The van der Waals surface area contributed by atoms with Crippen molar-refractivity contribution in [1.82, 2.24) is 9.13 Å². The van der Waals surface area contributed by atoms with Crippen LogP contribution >= 0.6 is 0 Å². The van der Waals surface area contributed by atoms with Gasteiger partial charge in [0.1, 0.15) is 11.9 Å². The maximum atomic E-state index is 11.9. The summed E-state index contributed by atoms with van der Waals surface area (Å²) in [6.45, 7) is 0. The van der Waals surface area contributed by atoms with Gasteiger partial charge >= 0.3 is 5.69 Å². The van der Waals surface area contributed by atoms with Crippen LogP contribution in [0.25, 0.3) is 0 Å². The molecule has 1 saturated carbocycles. The molecule has 2 rings (SSSR count). The van der Waals surface area contributed by atoms with E-state index < -0.39 is 17.4 Å². The van der Waals surface area contributed by atoms with E-state index >= 15 is 0 Å². The van der Waals surface area contributed by atoms with Crippen LogP contribution in [0.1, 0.15) is 31.2 Å². The average Bonchev–Trinajstić information content (AvgIpc) is 2.45. The zero-order chi connectivity index (χ0) is 14.9. The summed E-state index contributed by atoms with van der Waals surface area (Å²) in [6.07, 6.45) is 2.82. The molecular formula is C13H18N4O3. The number of nitrogens with zero attached hydrogens (tertiary/aromatic N) is 3. The van der Waals surface area contributed by atoms with E-state index in [9.17, 15) is 14.7 Å². The zero-order valence-electron chi connectivity index (χ0n) is 11.6. The molecule has 7 heteroatoms. The predicted octanol–water partition coefficient (Wildman–Crippen LogP) is -0.329. The highest BCUT2D eigenvalue weighted by atomic mass is 16.3. The molecule has 1 heterocycles. The lowest BCUT2D eigenvalue weighted by atomic mass is 9.92. The van der Waals surface area contributed by atoms with Crippen molar-refractivity contribution in [3.05, 3.63) is 26.4 Å². The van der Waals surface area contributed by atoms with Crippen molar-refractivity contribution >= 4 is 5.82 Å². The van der Waals surface area contributed by atoms with E-state index in [4.69, 9.17) is 5.26 Å². The molecule has 0 unspecified atom stereocenters. The molecule has 2 atom stereocenters. The number of rotatable bonds is 2. The Labute approximate surface area is 116 Å². The first-order valence-corrected chi connectivity index (χ1v) is 6.62. The topological polar surface area (TPSA) is 100 Å². The second-order valence-electron chi connectivity index (χ2n) is 5.14. The van der Waals surface area contributed by atoms with Gasteiger partial charge in [0.15, 0.2) is 5.56 Å². The van der Waals surface area contributed by atoms with E-state index in [1.807, 2.05) is 6.07 Å². The summed E-state index contributed by atoms with van der Waals surface area (Å²) in [5.74, 6) is 0.187. The third-order valence-corrected chi connectivity index (χ3v) is 3.83. The number of nitriles is 1. The minimum Gasteiger partial charge on any atom is -0.391 e. The van der Waals surface area contributed by atoms with Crippen molar-refractivity contribution in [2.75, 3.05) is 5.32 Å². The Hall–Kier alpha value is -2.07. The molecule has 2 N–H and O–H groups in total. The van der Waals surface area contributed by atoms with Crippen molar-refractivity contribution in [3.8, 4) is 6.07 Å². The van der Waals surface area contributed by atoms with Gasteiger partial charge in [0.2, 0.25) is 0 Å². The van der Waals surface area contributed by atoms with Crippen LogP contribution < -0.4 is 16.6 Å². The van der Waals surface area contributed by atoms with Gasteiger partial charge in [-0.3, -0.25) is 13.9 Å². The number of hydrogen-bond donors (Lipinski definition) is 2. The zero-order valence-corrected chi connectivity index (χ0v) is 11.6. The first-order chi connectivity index (χ1) is 9.47. The standard InChI is InChI=1S/C13H18N4O3/c1-16-11(15-9-5-3-4-6-10(9)18)8(7-14)12(19)17(2)13(16)20/h9-10,15,18H,3-6H2,1-2H3/t9-,10-/m0/s1. The van der Waals surface area contributed by atoms with Gasteiger partial charge < -0.3 is 10.4 Å². The van der Waals surface area contributed by atoms with Gasteiger partial charge in [0.05, 0.1) is 12.1 Å². The van der Waals surface area contributed by atoms with Gasteiger partial charge in [0.25, 0.3) is 5.56 Å². The van der Waals surface area contributed by atoms with Crippen molar-refractivity contribution in [2.45, 2.75) is 37.8 Å². The predicted molar refractivity (Wildman–Crippen MR) is 73.5 cm³/mol. The summed E-state index contributed by atoms with van der Waals surface area (Å²) in [6, 6.07) is 1.60. The summed E-state index contributed by atoms with van der Waals surface area (Å²) < 4.78 is 2.14. The summed E-state index contributed by atoms with van der Waals surface area (Å²) >= 11 is 0.